The van der Waals surface area contributed by atoms with Gasteiger partial charge in [0.25, 0.3) is 5.69 Å². The van der Waals surface area contributed by atoms with E-state index in [2.05, 4.69) is 15.9 Å². The molecule has 5 heteroatoms. The topological polar surface area (TPSA) is 52.4 Å². The van der Waals surface area contributed by atoms with E-state index in [-0.39, 0.29) is 16.0 Å². The molecule has 0 saturated heterocycles. The van der Waals surface area contributed by atoms with E-state index >= 15 is 0 Å². The third-order valence-corrected chi connectivity index (χ3v) is 4.80. The van der Waals surface area contributed by atoms with Crippen LogP contribution in [0.3, 0.4) is 0 Å². The van der Waals surface area contributed by atoms with Crippen LogP contribution >= 0.6 is 15.9 Å². The number of ether oxygens (including phenoxy) is 1. The Hall–Kier alpha value is -1.10. The van der Waals surface area contributed by atoms with Gasteiger partial charge in [0, 0.05) is 22.4 Å². The second-order valence-corrected chi connectivity index (χ2v) is 5.54. The molecule has 0 unspecified atom stereocenters. The number of alkyl halides is 1. The lowest BCUT2D eigenvalue weighted by atomic mass is 9.71. The summed E-state index contributed by atoms with van der Waals surface area (Å²) in [5, 5.41) is 11.7. The first-order chi connectivity index (χ1) is 8.56. The second kappa shape index (κ2) is 5.26. The Balaban J connectivity index is 2.02. The Morgan fingerprint density at radius 3 is 2.67 bits per heavy atom. The summed E-state index contributed by atoms with van der Waals surface area (Å²) in [5.74, 6) is 0.713. The minimum atomic E-state index is -0.370. The molecular weight excluding hydrogens is 298 g/mol. The monoisotopic (exact) mass is 313 g/mol. The number of nitro benzene ring substituents is 1. The smallest absolute Gasteiger partial charge is 0.272 e. The average molecular weight is 314 g/mol. The highest BCUT2D eigenvalue weighted by atomic mass is 79.9. The van der Waals surface area contributed by atoms with Crippen LogP contribution in [-0.4, -0.2) is 16.9 Å². The van der Waals surface area contributed by atoms with Gasteiger partial charge in [-0.3, -0.25) is 10.1 Å². The average Bonchev–Trinajstić information content (AvgIpc) is 2.27. The molecule has 0 heterocycles. The first-order valence-corrected chi connectivity index (χ1v) is 7.12. The van der Waals surface area contributed by atoms with Gasteiger partial charge in [-0.25, -0.2) is 0 Å². The second-order valence-electron chi connectivity index (χ2n) is 4.98. The fourth-order valence-corrected chi connectivity index (χ4v) is 2.87. The number of halogens is 1. The van der Waals surface area contributed by atoms with Crippen molar-refractivity contribution in [2.75, 3.05) is 11.9 Å². The van der Waals surface area contributed by atoms with E-state index in [1.807, 2.05) is 0 Å². The molecule has 1 aliphatic carbocycles. The zero-order chi connectivity index (χ0) is 13.2. The van der Waals surface area contributed by atoms with Crippen LogP contribution in [0.1, 0.15) is 24.8 Å². The van der Waals surface area contributed by atoms with Crippen LogP contribution in [0, 0.1) is 22.5 Å². The van der Waals surface area contributed by atoms with Gasteiger partial charge in [-0.2, -0.15) is 0 Å². The maximum atomic E-state index is 10.7. The van der Waals surface area contributed by atoms with Crippen molar-refractivity contribution >= 4 is 21.6 Å². The number of nitro groups is 1. The summed E-state index contributed by atoms with van der Waals surface area (Å²) in [4.78, 5) is 10.3. The molecule has 98 valence electrons. The molecule has 0 N–H and O–H groups in total. The van der Waals surface area contributed by atoms with E-state index in [0.29, 0.717) is 17.9 Å². The lowest BCUT2D eigenvalue weighted by Gasteiger charge is -2.39. The van der Waals surface area contributed by atoms with Crippen LogP contribution < -0.4 is 4.74 Å². The molecule has 0 amide bonds. The molecule has 2 rings (SSSR count). The van der Waals surface area contributed by atoms with E-state index in [4.69, 9.17) is 4.74 Å². The Morgan fingerprint density at radius 2 is 2.22 bits per heavy atom. The van der Waals surface area contributed by atoms with E-state index in [1.165, 1.54) is 25.3 Å². The van der Waals surface area contributed by atoms with E-state index in [0.717, 1.165) is 5.33 Å². The maximum absolute atomic E-state index is 10.7. The first kappa shape index (κ1) is 13.3. The van der Waals surface area contributed by atoms with Crippen LogP contribution in [0.15, 0.2) is 18.2 Å². The van der Waals surface area contributed by atoms with Crippen molar-refractivity contribution in [1.82, 2.24) is 0 Å². The van der Waals surface area contributed by atoms with Gasteiger partial charge in [0.2, 0.25) is 0 Å². The van der Waals surface area contributed by atoms with Crippen LogP contribution in [0.5, 0.6) is 5.75 Å². The van der Waals surface area contributed by atoms with Crippen molar-refractivity contribution in [2.45, 2.75) is 26.2 Å². The molecule has 1 fully saturated rings. The van der Waals surface area contributed by atoms with Crippen molar-refractivity contribution in [2.24, 2.45) is 5.41 Å². The highest BCUT2D eigenvalue weighted by Gasteiger charge is 2.36. The maximum Gasteiger partial charge on any atom is 0.272 e. The van der Waals surface area contributed by atoms with E-state index < -0.39 is 0 Å². The molecule has 0 spiro atoms. The van der Waals surface area contributed by atoms with Crippen molar-refractivity contribution in [3.63, 3.8) is 0 Å². The van der Waals surface area contributed by atoms with Gasteiger partial charge in [0.1, 0.15) is 5.75 Å². The number of rotatable bonds is 5. The quantitative estimate of drug-likeness (QED) is 0.471. The number of nitrogens with zero attached hydrogens (tertiary/aromatic N) is 1. The lowest BCUT2D eigenvalue weighted by molar-refractivity contribution is -0.385. The van der Waals surface area contributed by atoms with Gasteiger partial charge in [0.15, 0.2) is 0 Å². The number of aryl methyl sites for hydroxylation is 1. The third kappa shape index (κ3) is 2.66. The zero-order valence-corrected chi connectivity index (χ0v) is 11.9. The van der Waals surface area contributed by atoms with E-state index in [9.17, 15) is 10.1 Å². The molecular formula is C13H16BrNO3. The molecule has 4 nitrogen and oxygen atoms in total. The van der Waals surface area contributed by atoms with Gasteiger partial charge < -0.3 is 4.74 Å². The predicted octanol–water partition coefficient (Wildman–Crippen LogP) is 3.85. The van der Waals surface area contributed by atoms with Crippen LogP contribution in [0.2, 0.25) is 0 Å². The first-order valence-electron chi connectivity index (χ1n) is 6.00. The fourth-order valence-electron chi connectivity index (χ4n) is 2.15. The summed E-state index contributed by atoms with van der Waals surface area (Å²) >= 11 is 3.53. The number of hydrogen-bond acceptors (Lipinski definition) is 3. The molecule has 1 aromatic carbocycles. The number of benzene rings is 1. The molecule has 1 saturated carbocycles. The Morgan fingerprint density at radius 1 is 1.50 bits per heavy atom. The van der Waals surface area contributed by atoms with Crippen molar-refractivity contribution in [1.29, 1.82) is 0 Å². The van der Waals surface area contributed by atoms with Crippen molar-refractivity contribution in [3.05, 3.63) is 33.9 Å². The zero-order valence-electron chi connectivity index (χ0n) is 10.3. The minimum Gasteiger partial charge on any atom is -0.493 e. The SMILES string of the molecule is Cc1cc(OCC2(CBr)CCC2)ccc1[N+](=O)[O-]. The summed E-state index contributed by atoms with van der Waals surface area (Å²) in [6.07, 6.45) is 3.63. The summed E-state index contributed by atoms with van der Waals surface area (Å²) < 4.78 is 5.77. The van der Waals surface area contributed by atoms with Gasteiger partial charge in [-0.1, -0.05) is 22.4 Å². The molecule has 0 aromatic heterocycles. The van der Waals surface area contributed by atoms with Gasteiger partial charge in [-0.15, -0.1) is 0 Å². The molecule has 0 atom stereocenters. The van der Waals surface area contributed by atoms with Gasteiger partial charge >= 0.3 is 0 Å². The highest BCUT2D eigenvalue weighted by molar-refractivity contribution is 9.09. The van der Waals surface area contributed by atoms with Crippen molar-refractivity contribution < 1.29 is 9.66 Å². The fraction of sp³-hybridized carbons (Fsp3) is 0.538. The Bertz CT molecular complexity index is 452. The van der Waals surface area contributed by atoms with Gasteiger partial charge in [-0.05, 0) is 31.9 Å². The largest absolute Gasteiger partial charge is 0.493 e. The van der Waals surface area contributed by atoms with Crippen LogP contribution in [-0.2, 0) is 0 Å². The summed E-state index contributed by atoms with van der Waals surface area (Å²) in [6, 6.07) is 4.91. The molecule has 0 radical (unpaired) electrons. The Kier molecular flexibility index (Phi) is 3.90. The van der Waals surface area contributed by atoms with Gasteiger partial charge in [0.05, 0.1) is 11.5 Å². The van der Waals surface area contributed by atoms with Crippen molar-refractivity contribution in [3.8, 4) is 5.75 Å². The molecule has 0 aliphatic heterocycles. The Labute approximate surface area is 115 Å². The number of hydrogen-bond donors (Lipinski definition) is 0. The van der Waals surface area contributed by atoms with E-state index in [1.54, 1.807) is 19.1 Å². The predicted molar refractivity (Wildman–Crippen MR) is 73.4 cm³/mol. The normalized spacial score (nSPS) is 17.0. The minimum absolute atomic E-state index is 0.140. The molecule has 1 aliphatic rings. The molecule has 18 heavy (non-hydrogen) atoms. The van der Waals surface area contributed by atoms with Crippen LogP contribution in [0.25, 0.3) is 0 Å². The lowest BCUT2D eigenvalue weighted by Crippen LogP contribution is -2.37. The summed E-state index contributed by atoms with van der Waals surface area (Å²) in [6.45, 7) is 2.41. The summed E-state index contributed by atoms with van der Waals surface area (Å²) in [5.41, 5.74) is 1.04. The standard InChI is InChI=1S/C13H16BrNO3/c1-10-7-11(3-4-12(10)15(16)17)18-9-13(8-14)5-2-6-13/h3-4,7H,2,5-6,8-9H2,1H3. The molecule has 0 bridgehead atoms. The summed E-state index contributed by atoms with van der Waals surface area (Å²) in [7, 11) is 0. The third-order valence-electron chi connectivity index (χ3n) is 3.61. The highest BCUT2D eigenvalue weighted by Crippen LogP contribution is 2.42. The van der Waals surface area contributed by atoms with Crippen LogP contribution in [0.4, 0.5) is 5.69 Å². The molecule has 1 aromatic rings.